The maximum absolute atomic E-state index is 12.7. The van der Waals surface area contributed by atoms with Gasteiger partial charge >= 0.3 is 0 Å². The van der Waals surface area contributed by atoms with E-state index in [4.69, 9.17) is 4.74 Å². The molecule has 0 spiro atoms. The number of hydrogen-bond acceptors (Lipinski definition) is 3. The van der Waals surface area contributed by atoms with E-state index in [1.54, 1.807) is 0 Å². The summed E-state index contributed by atoms with van der Waals surface area (Å²) in [7, 11) is 0. The van der Waals surface area contributed by atoms with Crippen molar-refractivity contribution in [3.8, 4) is 0 Å². The normalized spacial score (nSPS) is 34.7. The molecular weight excluding hydrogens is 240 g/mol. The summed E-state index contributed by atoms with van der Waals surface area (Å²) in [6.07, 6.45) is 6.08. The number of ether oxygens (including phenoxy) is 1. The summed E-state index contributed by atoms with van der Waals surface area (Å²) in [6.45, 7) is 5.77. The van der Waals surface area contributed by atoms with Crippen molar-refractivity contribution < 1.29 is 9.53 Å². The molecule has 0 aromatic rings. The maximum atomic E-state index is 12.7. The Balaban J connectivity index is 1.61. The van der Waals surface area contributed by atoms with Crippen LogP contribution in [0, 0.1) is 11.8 Å². The molecule has 3 fully saturated rings. The minimum absolute atomic E-state index is 0.0974. The molecule has 2 saturated heterocycles. The van der Waals surface area contributed by atoms with E-state index in [1.165, 1.54) is 25.7 Å². The Bertz CT molecular complexity index is 324. The fourth-order valence-electron chi connectivity index (χ4n) is 3.34. The van der Waals surface area contributed by atoms with Crippen LogP contribution in [0.25, 0.3) is 0 Å². The lowest BCUT2D eigenvalue weighted by Crippen LogP contribution is -2.45. The van der Waals surface area contributed by atoms with Crippen molar-refractivity contribution in [1.82, 2.24) is 10.2 Å². The fraction of sp³-hybridized carbons (Fsp3) is 0.933. The van der Waals surface area contributed by atoms with Crippen LogP contribution in [0.15, 0.2) is 0 Å². The highest BCUT2D eigenvalue weighted by Crippen LogP contribution is 2.31. The fourth-order valence-corrected chi connectivity index (χ4v) is 3.34. The van der Waals surface area contributed by atoms with Crippen molar-refractivity contribution in [2.24, 2.45) is 11.8 Å². The summed E-state index contributed by atoms with van der Waals surface area (Å²) in [5.74, 6) is 1.20. The van der Waals surface area contributed by atoms with Crippen molar-refractivity contribution in [1.29, 1.82) is 0 Å². The van der Waals surface area contributed by atoms with Gasteiger partial charge in [0.25, 0.3) is 0 Å². The van der Waals surface area contributed by atoms with E-state index < -0.39 is 0 Å². The van der Waals surface area contributed by atoms with E-state index in [0.29, 0.717) is 11.9 Å². The Morgan fingerprint density at radius 2 is 2.11 bits per heavy atom. The van der Waals surface area contributed by atoms with Gasteiger partial charge < -0.3 is 15.0 Å². The van der Waals surface area contributed by atoms with Crippen molar-refractivity contribution in [2.45, 2.75) is 51.2 Å². The molecule has 3 atom stereocenters. The lowest BCUT2D eigenvalue weighted by Gasteiger charge is -2.29. The summed E-state index contributed by atoms with van der Waals surface area (Å²) in [5.41, 5.74) is 0. The second kappa shape index (κ2) is 5.80. The molecule has 1 aliphatic carbocycles. The highest BCUT2D eigenvalue weighted by Gasteiger charge is 2.36. The number of nitrogens with one attached hydrogen (secondary N) is 1. The third-order valence-corrected chi connectivity index (χ3v) is 4.78. The number of carbonyl (C=O) groups excluding carboxylic acids is 1. The lowest BCUT2D eigenvalue weighted by molar-refractivity contribution is -0.137. The van der Waals surface area contributed by atoms with E-state index in [-0.39, 0.29) is 12.0 Å². The van der Waals surface area contributed by atoms with Gasteiger partial charge in [0, 0.05) is 25.7 Å². The first kappa shape index (κ1) is 13.4. The molecule has 0 aromatic carbocycles. The van der Waals surface area contributed by atoms with Gasteiger partial charge in [-0.05, 0) is 51.5 Å². The summed E-state index contributed by atoms with van der Waals surface area (Å²) in [5, 5.41) is 3.51. The highest BCUT2D eigenvalue weighted by molar-refractivity contribution is 5.79. The Hall–Kier alpha value is -0.610. The molecule has 3 rings (SSSR count). The van der Waals surface area contributed by atoms with Gasteiger partial charge in [0.2, 0.25) is 5.91 Å². The number of hydrogen-bond donors (Lipinski definition) is 1. The predicted molar refractivity (Wildman–Crippen MR) is 73.8 cm³/mol. The highest BCUT2D eigenvalue weighted by atomic mass is 16.5. The van der Waals surface area contributed by atoms with Gasteiger partial charge in [-0.2, -0.15) is 0 Å². The molecule has 2 heterocycles. The standard InChI is InChI=1S/C15H26N2O2/c1-11-14(6-8-19-11)15(18)17(9-12-4-5-12)10-13-3-2-7-16-13/h11-14,16H,2-10H2,1H3. The molecule has 2 aliphatic heterocycles. The van der Waals surface area contributed by atoms with E-state index in [9.17, 15) is 4.79 Å². The first-order valence-corrected chi connectivity index (χ1v) is 7.88. The Morgan fingerprint density at radius 3 is 2.68 bits per heavy atom. The van der Waals surface area contributed by atoms with Crippen LogP contribution in [0.3, 0.4) is 0 Å². The Morgan fingerprint density at radius 1 is 1.26 bits per heavy atom. The summed E-state index contributed by atoms with van der Waals surface area (Å²) >= 11 is 0. The molecule has 19 heavy (non-hydrogen) atoms. The number of carbonyl (C=O) groups is 1. The van der Waals surface area contributed by atoms with Crippen LogP contribution in [-0.4, -0.2) is 49.2 Å². The SMILES string of the molecule is CC1OCCC1C(=O)N(CC1CC1)CC1CCCN1. The van der Waals surface area contributed by atoms with Crippen LogP contribution in [0.2, 0.25) is 0 Å². The van der Waals surface area contributed by atoms with E-state index >= 15 is 0 Å². The Labute approximate surface area is 115 Å². The first-order valence-electron chi connectivity index (χ1n) is 7.88. The van der Waals surface area contributed by atoms with Gasteiger partial charge in [0.1, 0.15) is 0 Å². The van der Waals surface area contributed by atoms with Gasteiger partial charge in [-0.1, -0.05) is 0 Å². The maximum Gasteiger partial charge on any atom is 0.228 e. The Kier molecular flexibility index (Phi) is 4.08. The molecule has 3 aliphatic rings. The average molecular weight is 266 g/mol. The van der Waals surface area contributed by atoms with Crippen LogP contribution in [0.4, 0.5) is 0 Å². The average Bonchev–Trinajstić information content (AvgIpc) is 2.88. The zero-order chi connectivity index (χ0) is 13.2. The monoisotopic (exact) mass is 266 g/mol. The van der Waals surface area contributed by atoms with Crippen molar-refractivity contribution >= 4 is 5.91 Å². The van der Waals surface area contributed by atoms with Gasteiger partial charge in [-0.25, -0.2) is 0 Å². The largest absolute Gasteiger partial charge is 0.378 e. The molecule has 0 bridgehead atoms. The van der Waals surface area contributed by atoms with Crippen LogP contribution in [0.1, 0.15) is 39.0 Å². The minimum Gasteiger partial charge on any atom is -0.378 e. The molecule has 1 amide bonds. The topological polar surface area (TPSA) is 41.6 Å². The first-order chi connectivity index (χ1) is 9.24. The zero-order valence-corrected chi connectivity index (χ0v) is 11.9. The third kappa shape index (κ3) is 3.29. The van der Waals surface area contributed by atoms with Crippen LogP contribution < -0.4 is 5.32 Å². The van der Waals surface area contributed by atoms with E-state index in [2.05, 4.69) is 10.2 Å². The van der Waals surface area contributed by atoms with Gasteiger partial charge in [0.15, 0.2) is 0 Å². The zero-order valence-electron chi connectivity index (χ0n) is 11.9. The van der Waals surface area contributed by atoms with Crippen LogP contribution in [0.5, 0.6) is 0 Å². The molecule has 4 heteroatoms. The number of amides is 1. The summed E-state index contributed by atoms with van der Waals surface area (Å²) < 4.78 is 5.56. The minimum atomic E-state index is 0.0974. The van der Waals surface area contributed by atoms with Crippen molar-refractivity contribution in [3.63, 3.8) is 0 Å². The number of rotatable bonds is 5. The lowest BCUT2D eigenvalue weighted by atomic mass is 10.0. The predicted octanol–water partition coefficient (Wildman–Crippen LogP) is 1.40. The second-order valence-electron chi connectivity index (χ2n) is 6.45. The van der Waals surface area contributed by atoms with Crippen LogP contribution in [-0.2, 0) is 9.53 Å². The molecule has 4 nitrogen and oxygen atoms in total. The molecule has 3 unspecified atom stereocenters. The smallest absolute Gasteiger partial charge is 0.228 e. The van der Waals surface area contributed by atoms with Gasteiger partial charge in [-0.3, -0.25) is 4.79 Å². The second-order valence-corrected chi connectivity index (χ2v) is 6.45. The molecule has 1 N–H and O–H groups in total. The van der Waals surface area contributed by atoms with E-state index in [1.807, 2.05) is 6.92 Å². The quantitative estimate of drug-likeness (QED) is 0.818. The molecule has 0 radical (unpaired) electrons. The van der Waals surface area contributed by atoms with E-state index in [0.717, 1.165) is 38.6 Å². The van der Waals surface area contributed by atoms with Crippen molar-refractivity contribution in [2.75, 3.05) is 26.2 Å². The van der Waals surface area contributed by atoms with Gasteiger partial charge in [0.05, 0.1) is 12.0 Å². The molecule has 108 valence electrons. The molecular formula is C15H26N2O2. The third-order valence-electron chi connectivity index (χ3n) is 4.78. The molecule has 0 aromatic heterocycles. The summed E-state index contributed by atoms with van der Waals surface area (Å²) in [4.78, 5) is 14.9. The van der Waals surface area contributed by atoms with Gasteiger partial charge in [-0.15, -0.1) is 0 Å². The summed E-state index contributed by atoms with van der Waals surface area (Å²) in [6, 6.07) is 0.514. The van der Waals surface area contributed by atoms with Crippen LogP contribution >= 0.6 is 0 Å². The number of nitrogens with zero attached hydrogens (tertiary/aromatic N) is 1. The van der Waals surface area contributed by atoms with Crippen molar-refractivity contribution in [3.05, 3.63) is 0 Å². The molecule has 1 saturated carbocycles.